The highest BCUT2D eigenvalue weighted by Crippen LogP contribution is 2.33. The molecule has 0 spiro atoms. The molecule has 1 aliphatic heterocycles. The Morgan fingerprint density at radius 3 is 2.67 bits per heavy atom. The van der Waals surface area contributed by atoms with Crippen LogP contribution in [0.25, 0.3) is 10.1 Å². The van der Waals surface area contributed by atoms with Gasteiger partial charge in [0.05, 0.1) is 0 Å². The highest BCUT2D eigenvalue weighted by Gasteiger charge is 2.30. The first kappa shape index (κ1) is 18.6. The van der Waals surface area contributed by atoms with E-state index in [1.54, 1.807) is 7.11 Å². The summed E-state index contributed by atoms with van der Waals surface area (Å²) in [5.74, 6) is 0. The minimum atomic E-state index is 0.124. The molecule has 0 bridgehead atoms. The van der Waals surface area contributed by atoms with Gasteiger partial charge >= 0.3 is 0 Å². The predicted molar refractivity (Wildman–Crippen MR) is 114 cm³/mol. The SMILES string of the molecule is COC1CCC(NCc2cccc3c(C)c(C)sc23)C(c2ccccc2)N1. The van der Waals surface area contributed by atoms with Crippen LogP contribution in [-0.4, -0.2) is 19.4 Å². The number of benzene rings is 2. The van der Waals surface area contributed by atoms with Crippen LogP contribution in [0.1, 0.15) is 40.5 Å². The Balaban J connectivity index is 1.55. The second kappa shape index (κ2) is 8.11. The van der Waals surface area contributed by atoms with E-state index >= 15 is 0 Å². The largest absolute Gasteiger partial charge is 0.367 e. The summed E-state index contributed by atoms with van der Waals surface area (Å²) in [6.07, 6.45) is 2.25. The zero-order chi connectivity index (χ0) is 18.8. The van der Waals surface area contributed by atoms with Crippen LogP contribution < -0.4 is 10.6 Å². The molecule has 3 nitrogen and oxygen atoms in total. The van der Waals surface area contributed by atoms with Gasteiger partial charge in [-0.3, -0.25) is 5.32 Å². The first-order valence-corrected chi connectivity index (χ1v) is 10.5. The summed E-state index contributed by atoms with van der Waals surface area (Å²) < 4.78 is 7.02. The molecule has 1 saturated heterocycles. The van der Waals surface area contributed by atoms with Crippen molar-refractivity contribution < 1.29 is 4.74 Å². The maximum Gasteiger partial charge on any atom is 0.108 e. The first-order chi connectivity index (χ1) is 13.2. The standard InChI is InChI=1S/C23H28N2OS/c1-15-16(2)27-23-18(10-7-11-19(15)23)14-24-20-12-13-21(26-3)25-22(20)17-8-5-4-6-9-17/h4-11,20-22,24-25H,12-14H2,1-3H3. The van der Waals surface area contributed by atoms with Gasteiger partial charge in [-0.1, -0.05) is 48.5 Å². The molecule has 3 unspecified atom stereocenters. The maximum atomic E-state index is 5.59. The Morgan fingerprint density at radius 2 is 1.89 bits per heavy atom. The quantitative estimate of drug-likeness (QED) is 0.648. The molecule has 3 atom stereocenters. The van der Waals surface area contributed by atoms with Gasteiger partial charge in [0.25, 0.3) is 0 Å². The van der Waals surface area contributed by atoms with Crippen molar-refractivity contribution in [2.75, 3.05) is 7.11 Å². The van der Waals surface area contributed by atoms with Gasteiger partial charge in [-0.15, -0.1) is 11.3 Å². The van der Waals surface area contributed by atoms with E-state index < -0.39 is 0 Å². The van der Waals surface area contributed by atoms with Crippen molar-refractivity contribution in [3.05, 3.63) is 70.1 Å². The molecule has 4 heteroatoms. The third-order valence-corrected chi connectivity index (χ3v) is 7.09. The number of methoxy groups -OCH3 is 1. The summed E-state index contributed by atoms with van der Waals surface area (Å²) >= 11 is 1.92. The molecule has 2 aromatic carbocycles. The van der Waals surface area contributed by atoms with Crippen molar-refractivity contribution in [3.8, 4) is 0 Å². The molecule has 2 heterocycles. The topological polar surface area (TPSA) is 33.3 Å². The van der Waals surface area contributed by atoms with Crippen molar-refractivity contribution in [1.82, 2.24) is 10.6 Å². The monoisotopic (exact) mass is 380 g/mol. The van der Waals surface area contributed by atoms with E-state index in [-0.39, 0.29) is 12.3 Å². The number of thiophene rings is 1. The number of rotatable bonds is 5. The summed E-state index contributed by atoms with van der Waals surface area (Å²) in [5, 5.41) is 8.92. The lowest BCUT2D eigenvalue weighted by Crippen LogP contribution is -2.50. The normalized spacial score (nSPS) is 23.0. The Hall–Kier alpha value is -1.72. The van der Waals surface area contributed by atoms with E-state index in [1.807, 2.05) is 11.3 Å². The molecule has 0 amide bonds. The van der Waals surface area contributed by atoms with E-state index in [0.717, 1.165) is 19.4 Å². The van der Waals surface area contributed by atoms with Crippen molar-refractivity contribution in [2.24, 2.45) is 0 Å². The van der Waals surface area contributed by atoms with Crippen LogP contribution in [0.15, 0.2) is 48.5 Å². The number of piperidine rings is 1. The molecular formula is C23H28N2OS. The van der Waals surface area contributed by atoms with Gasteiger partial charge in [0.2, 0.25) is 0 Å². The minimum absolute atomic E-state index is 0.124. The average Bonchev–Trinajstić information content (AvgIpc) is 3.01. The number of nitrogens with one attached hydrogen (secondary N) is 2. The van der Waals surface area contributed by atoms with Gasteiger partial charge < -0.3 is 10.1 Å². The van der Waals surface area contributed by atoms with Gasteiger partial charge in [-0.05, 0) is 48.8 Å². The molecule has 0 saturated carbocycles. The molecular weight excluding hydrogens is 352 g/mol. The van der Waals surface area contributed by atoms with Crippen LogP contribution in [0.3, 0.4) is 0 Å². The van der Waals surface area contributed by atoms with Crippen LogP contribution in [0, 0.1) is 13.8 Å². The van der Waals surface area contributed by atoms with E-state index in [2.05, 4.69) is 73.0 Å². The lowest BCUT2D eigenvalue weighted by molar-refractivity contribution is 0.0251. The molecule has 142 valence electrons. The Morgan fingerprint density at radius 1 is 1.07 bits per heavy atom. The van der Waals surface area contributed by atoms with Gasteiger partial charge in [-0.25, -0.2) is 0 Å². The van der Waals surface area contributed by atoms with Gasteiger partial charge in [0.15, 0.2) is 0 Å². The highest BCUT2D eigenvalue weighted by atomic mass is 32.1. The molecule has 0 aliphatic carbocycles. The van der Waals surface area contributed by atoms with Crippen LogP contribution in [0.2, 0.25) is 0 Å². The average molecular weight is 381 g/mol. The molecule has 1 aliphatic rings. The van der Waals surface area contributed by atoms with E-state index in [9.17, 15) is 0 Å². The Kier molecular flexibility index (Phi) is 5.60. The summed E-state index contributed by atoms with van der Waals surface area (Å²) in [5.41, 5.74) is 4.13. The van der Waals surface area contributed by atoms with Gasteiger partial charge in [0, 0.05) is 35.3 Å². The van der Waals surface area contributed by atoms with Crippen molar-refractivity contribution >= 4 is 21.4 Å². The van der Waals surface area contributed by atoms with Crippen LogP contribution >= 0.6 is 11.3 Å². The number of ether oxygens (including phenoxy) is 1. The zero-order valence-electron chi connectivity index (χ0n) is 16.3. The fourth-order valence-corrected chi connectivity index (χ4v) is 5.26. The van der Waals surface area contributed by atoms with E-state index in [4.69, 9.17) is 4.74 Å². The Bertz CT molecular complexity index is 905. The third kappa shape index (κ3) is 3.81. The van der Waals surface area contributed by atoms with Crippen molar-refractivity contribution in [1.29, 1.82) is 0 Å². The fourth-order valence-electron chi connectivity index (χ4n) is 4.09. The van der Waals surface area contributed by atoms with Crippen LogP contribution in [0.4, 0.5) is 0 Å². The summed E-state index contributed by atoms with van der Waals surface area (Å²) in [7, 11) is 1.79. The van der Waals surface area contributed by atoms with Crippen molar-refractivity contribution in [2.45, 2.75) is 51.5 Å². The highest BCUT2D eigenvalue weighted by molar-refractivity contribution is 7.19. The first-order valence-electron chi connectivity index (χ1n) is 9.72. The third-order valence-electron chi connectivity index (χ3n) is 5.79. The summed E-state index contributed by atoms with van der Waals surface area (Å²) in [4.78, 5) is 1.42. The molecule has 1 aromatic heterocycles. The second-order valence-electron chi connectivity index (χ2n) is 7.42. The van der Waals surface area contributed by atoms with Gasteiger partial charge in [0.1, 0.15) is 6.23 Å². The Labute approximate surface area is 165 Å². The lowest BCUT2D eigenvalue weighted by atomic mass is 9.91. The summed E-state index contributed by atoms with van der Waals surface area (Å²) in [6.45, 7) is 5.34. The van der Waals surface area contributed by atoms with Crippen LogP contribution in [0.5, 0.6) is 0 Å². The molecule has 4 rings (SSSR count). The van der Waals surface area contributed by atoms with Crippen molar-refractivity contribution in [3.63, 3.8) is 0 Å². The van der Waals surface area contributed by atoms with Crippen LogP contribution in [-0.2, 0) is 11.3 Å². The minimum Gasteiger partial charge on any atom is -0.367 e. The maximum absolute atomic E-state index is 5.59. The smallest absolute Gasteiger partial charge is 0.108 e. The molecule has 3 aromatic rings. The molecule has 2 N–H and O–H groups in total. The molecule has 1 fully saturated rings. The number of hydrogen-bond acceptors (Lipinski definition) is 4. The predicted octanol–water partition coefficient (Wildman–Crippen LogP) is 5.07. The fraction of sp³-hybridized carbons (Fsp3) is 0.391. The second-order valence-corrected chi connectivity index (χ2v) is 8.65. The number of fused-ring (bicyclic) bond motifs is 1. The van der Waals surface area contributed by atoms with Gasteiger partial charge in [-0.2, -0.15) is 0 Å². The van der Waals surface area contributed by atoms with E-state index in [1.165, 1.54) is 31.7 Å². The number of aryl methyl sites for hydroxylation is 2. The lowest BCUT2D eigenvalue weighted by Gasteiger charge is -2.38. The summed E-state index contributed by atoms with van der Waals surface area (Å²) in [6, 6.07) is 18.1. The number of hydrogen-bond donors (Lipinski definition) is 2. The zero-order valence-corrected chi connectivity index (χ0v) is 17.1. The molecule has 0 radical (unpaired) electrons. The molecule has 27 heavy (non-hydrogen) atoms. The van der Waals surface area contributed by atoms with E-state index in [0.29, 0.717) is 6.04 Å².